The highest BCUT2D eigenvalue weighted by Crippen LogP contribution is 2.08. The lowest BCUT2D eigenvalue weighted by Crippen LogP contribution is -2.15. The molecule has 0 spiro atoms. The summed E-state index contributed by atoms with van der Waals surface area (Å²) < 4.78 is 5.23. The highest BCUT2D eigenvalue weighted by Gasteiger charge is 2.08. The highest BCUT2D eigenvalue weighted by atomic mass is 16.5. The predicted octanol–water partition coefficient (Wildman–Crippen LogP) is 4.41. The summed E-state index contributed by atoms with van der Waals surface area (Å²) >= 11 is 0. The minimum Gasteiger partial charge on any atom is -0.462 e. The molecule has 0 aromatic heterocycles. The summed E-state index contributed by atoms with van der Waals surface area (Å²) in [5, 5.41) is 0. The Kier molecular flexibility index (Phi) is 10.7. The molecule has 0 rings (SSSR count). The Hall–Kier alpha value is -1.05. The number of hydrogen-bond donors (Lipinski definition) is 0. The van der Waals surface area contributed by atoms with E-state index < -0.39 is 0 Å². The Morgan fingerprint density at radius 3 is 2.41 bits per heavy atom. The number of carbonyl (C=O) groups is 1. The molecule has 0 N–H and O–H groups in total. The topological polar surface area (TPSA) is 26.3 Å². The highest BCUT2D eigenvalue weighted by molar-refractivity contribution is 5.66. The molecule has 1 unspecified atom stereocenters. The van der Waals surface area contributed by atoms with E-state index >= 15 is 0 Å². The molecule has 0 saturated carbocycles. The van der Waals surface area contributed by atoms with E-state index in [-0.39, 0.29) is 12.1 Å². The standard InChI is InChI=1S/C15H26O2/c1-4-6-7-8-9-10-11-13-15(12-5-2)17-14(3)16/h7-8,10-11,15H,4-6,9,12-13H2,1-3H3. The van der Waals surface area contributed by atoms with Crippen molar-refractivity contribution in [3.05, 3.63) is 24.3 Å². The molecule has 2 nitrogen and oxygen atoms in total. The smallest absolute Gasteiger partial charge is 0.302 e. The van der Waals surface area contributed by atoms with E-state index in [0.717, 1.165) is 32.1 Å². The van der Waals surface area contributed by atoms with Gasteiger partial charge in [0.25, 0.3) is 0 Å². The molecule has 0 amide bonds. The summed E-state index contributed by atoms with van der Waals surface area (Å²) in [6.45, 7) is 5.75. The van der Waals surface area contributed by atoms with E-state index in [0.29, 0.717) is 0 Å². The zero-order valence-electron chi connectivity index (χ0n) is 11.4. The third kappa shape index (κ3) is 11.2. The van der Waals surface area contributed by atoms with E-state index in [2.05, 4.69) is 38.2 Å². The van der Waals surface area contributed by atoms with E-state index in [4.69, 9.17) is 4.74 Å². The molecule has 0 aliphatic rings. The second kappa shape index (κ2) is 11.4. The first kappa shape index (κ1) is 16.0. The molecule has 0 heterocycles. The molecule has 0 aromatic carbocycles. The number of ether oxygens (including phenoxy) is 1. The Morgan fingerprint density at radius 2 is 1.82 bits per heavy atom. The molecule has 0 aliphatic heterocycles. The lowest BCUT2D eigenvalue weighted by molar-refractivity contribution is -0.146. The van der Waals surface area contributed by atoms with Crippen molar-refractivity contribution in [3.63, 3.8) is 0 Å². The van der Waals surface area contributed by atoms with Crippen LogP contribution in [0.3, 0.4) is 0 Å². The zero-order chi connectivity index (χ0) is 12.9. The lowest BCUT2D eigenvalue weighted by Gasteiger charge is -2.13. The van der Waals surface area contributed by atoms with Gasteiger partial charge in [0.15, 0.2) is 0 Å². The van der Waals surface area contributed by atoms with Crippen molar-refractivity contribution in [3.8, 4) is 0 Å². The Labute approximate surface area is 106 Å². The average Bonchev–Trinajstić information content (AvgIpc) is 2.27. The van der Waals surface area contributed by atoms with Crippen molar-refractivity contribution in [1.29, 1.82) is 0 Å². The van der Waals surface area contributed by atoms with Gasteiger partial charge in [0.05, 0.1) is 0 Å². The van der Waals surface area contributed by atoms with Crippen LogP contribution in [0.15, 0.2) is 24.3 Å². The van der Waals surface area contributed by atoms with Gasteiger partial charge < -0.3 is 4.74 Å². The maximum atomic E-state index is 10.9. The number of unbranched alkanes of at least 4 members (excludes halogenated alkanes) is 1. The molecular weight excluding hydrogens is 212 g/mol. The first-order valence-corrected chi connectivity index (χ1v) is 6.67. The van der Waals surface area contributed by atoms with Gasteiger partial charge in [-0.25, -0.2) is 0 Å². The first-order chi connectivity index (χ1) is 8.20. The van der Waals surface area contributed by atoms with Crippen molar-refractivity contribution in [1.82, 2.24) is 0 Å². The van der Waals surface area contributed by atoms with Crippen LogP contribution in [-0.2, 0) is 9.53 Å². The molecule has 17 heavy (non-hydrogen) atoms. The van der Waals surface area contributed by atoms with Gasteiger partial charge in [0, 0.05) is 13.3 Å². The third-order valence-electron chi connectivity index (χ3n) is 2.40. The molecular formula is C15H26O2. The van der Waals surface area contributed by atoms with E-state index in [1.807, 2.05) is 0 Å². The normalized spacial score (nSPS) is 13.4. The quantitative estimate of drug-likeness (QED) is 0.439. The van der Waals surface area contributed by atoms with E-state index in [9.17, 15) is 4.79 Å². The number of esters is 1. The van der Waals surface area contributed by atoms with Crippen molar-refractivity contribution in [2.45, 2.75) is 65.4 Å². The van der Waals surface area contributed by atoms with Crippen molar-refractivity contribution in [2.75, 3.05) is 0 Å². The molecule has 0 bridgehead atoms. The van der Waals surface area contributed by atoms with Crippen LogP contribution < -0.4 is 0 Å². The second-order valence-electron chi connectivity index (χ2n) is 4.22. The minimum absolute atomic E-state index is 0.0494. The molecule has 0 radical (unpaired) electrons. The van der Waals surface area contributed by atoms with Crippen molar-refractivity contribution >= 4 is 5.97 Å². The molecule has 0 fully saturated rings. The predicted molar refractivity (Wildman–Crippen MR) is 72.9 cm³/mol. The SMILES string of the molecule is CCCC=CCC=CCC(CCC)OC(C)=O. The van der Waals surface area contributed by atoms with Gasteiger partial charge in [-0.05, 0) is 19.3 Å². The Morgan fingerprint density at radius 1 is 1.12 bits per heavy atom. The van der Waals surface area contributed by atoms with Gasteiger partial charge >= 0.3 is 5.97 Å². The Balaban J connectivity index is 3.78. The van der Waals surface area contributed by atoms with E-state index in [1.165, 1.54) is 13.3 Å². The summed E-state index contributed by atoms with van der Waals surface area (Å²) in [5.74, 6) is -0.181. The van der Waals surface area contributed by atoms with Crippen molar-refractivity contribution in [2.24, 2.45) is 0 Å². The van der Waals surface area contributed by atoms with Crippen LogP contribution >= 0.6 is 0 Å². The number of rotatable bonds is 9. The van der Waals surface area contributed by atoms with Crippen LogP contribution in [0.25, 0.3) is 0 Å². The van der Waals surface area contributed by atoms with Gasteiger partial charge in [-0.3, -0.25) is 4.79 Å². The van der Waals surface area contributed by atoms with Crippen molar-refractivity contribution < 1.29 is 9.53 Å². The van der Waals surface area contributed by atoms with Crippen LogP contribution in [0.4, 0.5) is 0 Å². The minimum atomic E-state index is -0.181. The molecule has 1 atom stereocenters. The van der Waals surface area contributed by atoms with Gasteiger partial charge in [0.1, 0.15) is 6.10 Å². The van der Waals surface area contributed by atoms with Gasteiger partial charge in [0.2, 0.25) is 0 Å². The maximum Gasteiger partial charge on any atom is 0.302 e. The third-order valence-corrected chi connectivity index (χ3v) is 2.40. The first-order valence-electron chi connectivity index (χ1n) is 6.67. The van der Waals surface area contributed by atoms with Gasteiger partial charge in [-0.1, -0.05) is 51.0 Å². The fourth-order valence-corrected chi connectivity index (χ4v) is 1.59. The van der Waals surface area contributed by atoms with Crippen LogP contribution in [-0.4, -0.2) is 12.1 Å². The summed E-state index contributed by atoms with van der Waals surface area (Å²) in [6.07, 6.45) is 14.8. The number of hydrogen-bond acceptors (Lipinski definition) is 2. The van der Waals surface area contributed by atoms with Crippen LogP contribution in [0.1, 0.15) is 59.3 Å². The number of carbonyl (C=O) groups excluding carboxylic acids is 1. The molecule has 0 aromatic rings. The maximum absolute atomic E-state index is 10.9. The number of allylic oxidation sites excluding steroid dienone is 3. The molecule has 2 heteroatoms. The fourth-order valence-electron chi connectivity index (χ4n) is 1.59. The summed E-state index contributed by atoms with van der Waals surface area (Å²) in [6, 6.07) is 0. The molecule has 0 saturated heterocycles. The monoisotopic (exact) mass is 238 g/mol. The van der Waals surface area contributed by atoms with Gasteiger partial charge in [-0.2, -0.15) is 0 Å². The largest absolute Gasteiger partial charge is 0.462 e. The summed E-state index contributed by atoms with van der Waals surface area (Å²) in [5.41, 5.74) is 0. The fraction of sp³-hybridized carbons (Fsp3) is 0.667. The van der Waals surface area contributed by atoms with Crippen LogP contribution in [0, 0.1) is 0 Å². The lowest BCUT2D eigenvalue weighted by atomic mass is 10.1. The Bertz CT molecular complexity index is 241. The molecule has 0 aliphatic carbocycles. The zero-order valence-corrected chi connectivity index (χ0v) is 11.4. The van der Waals surface area contributed by atoms with E-state index in [1.54, 1.807) is 0 Å². The summed E-state index contributed by atoms with van der Waals surface area (Å²) in [4.78, 5) is 10.9. The van der Waals surface area contributed by atoms with Gasteiger partial charge in [-0.15, -0.1) is 0 Å². The molecule has 98 valence electrons. The van der Waals surface area contributed by atoms with Crippen LogP contribution in [0.5, 0.6) is 0 Å². The average molecular weight is 238 g/mol. The summed E-state index contributed by atoms with van der Waals surface area (Å²) in [7, 11) is 0. The second-order valence-corrected chi connectivity index (χ2v) is 4.22. The van der Waals surface area contributed by atoms with Crippen LogP contribution in [0.2, 0.25) is 0 Å².